The van der Waals surface area contributed by atoms with Crippen LogP contribution in [0.4, 0.5) is 18.9 Å². The lowest BCUT2D eigenvalue weighted by molar-refractivity contribution is -0.274. The SMILES string of the molecule is COc1ccc(C(=O)Nc2ccccc2OC(F)(F)F)cc1OC. The second kappa shape index (κ2) is 7.12. The Morgan fingerprint density at radius 3 is 2.25 bits per heavy atom. The fourth-order valence-corrected chi connectivity index (χ4v) is 1.96. The van der Waals surface area contributed by atoms with Gasteiger partial charge in [-0.15, -0.1) is 13.2 Å². The van der Waals surface area contributed by atoms with Crippen molar-refractivity contribution >= 4 is 11.6 Å². The standard InChI is InChI=1S/C16H14F3NO4/c1-22-13-8-7-10(9-14(13)23-2)15(21)20-11-5-3-4-6-12(11)24-16(17,18)19/h3-9H,1-2H3,(H,20,21). The lowest BCUT2D eigenvalue weighted by Crippen LogP contribution is -2.19. The Labute approximate surface area is 135 Å². The molecule has 0 aliphatic heterocycles. The fraction of sp³-hybridized carbons (Fsp3) is 0.188. The molecule has 0 spiro atoms. The number of benzene rings is 2. The minimum absolute atomic E-state index is 0.102. The van der Waals surface area contributed by atoms with Gasteiger partial charge in [0.2, 0.25) is 0 Å². The normalized spacial score (nSPS) is 10.9. The van der Waals surface area contributed by atoms with Crippen molar-refractivity contribution in [3.8, 4) is 17.2 Å². The average molecular weight is 341 g/mol. The molecule has 1 N–H and O–H groups in total. The maximum atomic E-state index is 12.4. The molecule has 0 atom stereocenters. The summed E-state index contributed by atoms with van der Waals surface area (Å²) >= 11 is 0. The van der Waals surface area contributed by atoms with E-state index < -0.39 is 18.0 Å². The maximum absolute atomic E-state index is 12.4. The number of hydrogen-bond acceptors (Lipinski definition) is 4. The quantitative estimate of drug-likeness (QED) is 0.897. The number of anilines is 1. The van der Waals surface area contributed by atoms with E-state index in [2.05, 4.69) is 10.1 Å². The van der Waals surface area contributed by atoms with Crippen molar-refractivity contribution in [1.29, 1.82) is 0 Å². The van der Waals surface area contributed by atoms with Gasteiger partial charge in [0, 0.05) is 5.56 Å². The summed E-state index contributed by atoms with van der Waals surface area (Å²) in [6.07, 6.45) is -4.86. The molecular weight excluding hydrogens is 327 g/mol. The Morgan fingerprint density at radius 2 is 1.62 bits per heavy atom. The fourth-order valence-electron chi connectivity index (χ4n) is 1.96. The lowest BCUT2D eigenvalue weighted by Gasteiger charge is -2.14. The minimum Gasteiger partial charge on any atom is -0.493 e. The Balaban J connectivity index is 2.24. The van der Waals surface area contributed by atoms with E-state index in [-0.39, 0.29) is 11.3 Å². The molecule has 2 rings (SSSR count). The van der Waals surface area contributed by atoms with Crippen LogP contribution in [0, 0.1) is 0 Å². The van der Waals surface area contributed by atoms with Crippen LogP contribution in [0.5, 0.6) is 17.2 Å². The van der Waals surface area contributed by atoms with Crippen LogP contribution in [-0.2, 0) is 0 Å². The number of ether oxygens (including phenoxy) is 3. The van der Waals surface area contributed by atoms with Gasteiger partial charge in [0.15, 0.2) is 17.2 Å². The molecule has 0 aliphatic carbocycles. The predicted molar refractivity (Wildman–Crippen MR) is 80.6 cm³/mol. The summed E-state index contributed by atoms with van der Waals surface area (Å²) in [7, 11) is 2.86. The summed E-state index contributed by atoms with van der Waals surface area (Å²) in [6, 6.07) is 9.66. The van der Waals surface area contributed by atoms with Crippen LogP contribution in [0.2, 0.25) is 0 Å². The van der Waals surface area contributed by atoms with E-state index in [0.717, 1.165) is 6.07 Å². The molecule has 5 nitrogen and oxygen atoms in total. The van der Waals surface area contributed by atoms with Gasteiger partial charge < -0.3 is 19.5 Å². The van der Waals surface area contributed by atoms with Crippen molar-refractivity contribution in [3.63, 3.8) is 0 Å². The van der Waals surface area contributed by atoms with Crippen molar-refractivity contribution in [2.75, 3.05) is 19.5 Å². The van der Waals surface area contributed by atoms with Crippen LogP contribution >= 0.6 is 0 Å². The summed E-state index contributed by atoms with van der Waals surface area (Å²) in [5.41, 5.74) is 0.0871. The Kier molecular flexibility index (Phi) is 5.18. The maximum Gasteiger partial charge on any atom is 0.573 e. The van der Waals surface area contributed by atoms with E-state index in [4.69, 9.17) is 9.47 Å². The van der Waals surface area contributed by atoms with Crippen LogP contribution in [0.15, 0.2) is 42.5 Å². The Hall–Kier alpha value is -2.90. The third-order valence-corrected chi connectivity index (χ3v) is 3.01. The number of amides is 1. The predicted octanol–water partition coefficient (Wildman–Crippen LogP) is 3.85. The summed E-state index contributed by atoms with van der Waals surface area (Å²) in [6.45, 7) is 0. The molecule has 2 aromatic rings. The van der Waals surface area contributed by atoms with Gasteiger partial charge in [0.25, 0.3) is 5.91 Å². The molecule has 2 aromatic carbocycles. The zero-order valence-electron chi connectivity index (χ0n) is 12.8. The number of carbonyl (C=O) groups is 1. The molecule has 0 aromatic heterocycles. The highest BCUT2D eigenvalue weighted by molar-refractivity contribution is 6.05. The van der Waals surface area contributed by atoms with Crippen molar-refractivity contribution in [2.24, 2.45) is 0 Å². The van der Waals surface area contributed by atoms with E-state index in [1.165, 1.54) is 50.6 Å². The molecule has 1 amide bonds. The topological polar surface area (TPSA) is 56.8 Å². The summed E-state index contributed by atoms with van der Waals surface area (Å²) in [4.78, 5) is 12.3. The van der Waals surface area contributed by atoms with E-state index in [1.54, 1.807) is 0 Å². The van der Waals surface area contributed by atoms with Crippen molar-refractivity contribution in [3.05, 3.63) is 48.0 Å². The Bertz CT molecular complexity index is 732. The molecule has 128 valence electrons. The lowest BCUT2D eigenvalue weighted by atomic mass is 10.1. The zero-order valence-corrected chi connectivity index (χ0v) is 12.8. The average Bonchev–Trinajstić information content (AvgIpc) is 2.54. The number of para-hydroxylation sites is 2. The minimum atomic E-state index is -4.86. The smallest absolute Gasteiger partial charge is 0.493 e. The van der Waals surface area contributed by atoms with E-state index in [9.17, 15) is 18.0 Å². The van der Waals surface area contributed by atoms with E-state index >= 15 is 0 Å². The third kappa shape index (κ3) is 4.31. The second-order valence-electron chi connectivity index (χ2n) is 4.57. The van der Waals surface area contributed by atoms with Gasteiger partial charge in [-0.2, -0.15) is 0 Å². The molecule has 0 radical (unpaired) electrons. The molecule has 0 unspecified atom stereocenters. The first-order valence-electron chi connectivity index (χ1n) is 6.72. The van der Waals surface area contributed by atoms with Crippen LogP contribution in [0.3, 0.4) is 0 Å². The van der Waals surface area contributed by atoms with Crippen LogP contribution in [0.25, 0.3) is 0 Å². The first-order valence-corrected chi connectivity index (χ1v) is 6.72. The van der Waals surface area contributed by atoms with Crippen LogP contribution < -0.4 is 19.5 Å². The number of alkyl halides is 3. The van der Waals surface area contributed by atoms with E-state index in [0.29, 0.717) is 11.5 Å². The van der Waals surface area contributed by atoms with Gasteiger partial charge in [-0.1, -0.05) is 12.1 Å². The molecular formula is C16H14F3NO4. The molecule has 8 heteroatoms. The zero-order chi connectivity index (χ0) is 17.7. The van der Waals surface area contributed by atoms with Crippen molar-refractivity contribution < 1.29 is 32.2 Å². The number of hydrogen-bond donors (Lipinski definition) is 1. The molecule has 0 heterocycles. The van der Waals surface area contributed by atoms with Gasteiger partial charge in [0.05, 0.1) is 19.9 Å². The summed E-state index contributed by atoms with van der Waals surface area (Å²) in [5.74, 6) is -0.368. The number of nitrogens with one attached hydrogen (secondary N) is 1. The van der Waals surface area contributed by atoms with Gasteiger partial charge >= 0.3 is 6.36 Å². The molecule has 0 aliphatic rings. The number of methoxy groups -OCH3 is 2. The number of rotatable bonds is 5. The van der Waals surface area contributed by atoms with Gasteiger partial charge in [-0.3, -0.25) is 4.79 Å². The summed E-state index contributed by atoms with van der Waals surface area (Å²) in [5, 5.41) is 2.38. The van der Waals surface area contributed by atoms with E-state index in [1.807, 2.05) is 0 Å². The Morgan fingerprint density at radius 1 is 0.958 bits per heavy atom. The van der Waals surface area contributed by atoms with Crippen LogP contribution in [0.1, 0.15) is 10.4 Å². The highest BCUT2D eigenvalue weighted by atomic mass is 19.4. The molecule has 0 saturated carbocycles. The highest BCUT2D eigenvalue weighted by Gasteiger charge is 2.32. The molecule has 0 bridgehead atoms. The first kappa shape index (κ1) is 17.5. The van der Waals surface area contributed by atoms with Crippen LogP contribution in [-0.4, -0.2) is 26.5 Å². The van der Waals surface area contributed by atoms with Gasteiger partial charge in [-0.25, -0.2) is 0 Å². The molecule has 0 fully saturated rings. The highest BCUT2D eigenvalue weighted by Crippen LogP contribution is 2.31. The monoisotopic (exact) mass is 341 g/mol. The third-order valence-electron chi connectivity index (χ3n) is 3.01. The molecule has 0 saturated heterocycles. The largest absolute Gasteiger partial charge is 0.573 e. The first-order chi connectivity index (χ1) is 11.3. The number of halogens is 3. The second-order valence-corrected chi connectivity index (χ2v) is 4.57. The van der Waals surface area contributed by atoms with Crippen molar-refractivity contribution in [2.45, 2.75) is 6.36 Å². The number of carbonyl (C=O) groups excluding carboxylic acids is 1. The molecule has 24 heavy (non-hydrogen) atoms. The van der Waals surface area contributed by atoms with Gasteiger partial charge in [0.1, 0.15) is 0 Å². The summed E-state index contributed by atoms with van der Waals surface area (Å²) < 4.78 is 51.2. The van der Waals surface area contributed by atoms with Crippen molar-refractivity contribution in [1.82, 2.24) is 0 Å². The van der Waals surface area contributed by atoms with Gasteiger partial charge in [-0.05, 0) is 30.3 Å².